The minimum atomic E-state index is -1.23. The van der Waals surface area contributed by atoms with Crippen LogP contribution in [0.5, 0.6) is 0 Å². The molecule has 0 spiro atoms. The molecule has 1 aliphatic heterocycles. The molecule has 3 rings (SSSR count). The first-order chi connectivity index (χ1) is 10.5. The van der Waals surface area contributed by atoms with E-state index in [1.165, 1.54) is 0 Å². The molecule has 2 aliphatic rings. The first kappa shape index (κ1) is 15.0. The summed E-state index contributed by atoms with van der Waals surface area (Å²) in [5.41, 5.74) is 7.24. The third-order valence-corrected chi connectivity index (χ3v) is 5.09. The first-order valence-electron chi connectivity index (χ1n) is 7.91. The van der Waals surface area contributed by atoms with E-state index in [4.69, 9.17) is 5.73 Å². The van der Waals surface area contributed by atoms with Crippen LogP contribution >= 0.6 is 0 Å². The minimum Gasteiger partial charge on any atom is -0.480 e. The van der Waals surface area contributed by atoms with E-state index >= 15 is 0 Å². The highest BCUT2D eigenvalue weighted by atomic mass is 16.4. The van der Waals surface area contributed by atoms with Gasteiger partial charge in [-0.15, -0.1) is 0 Å². The van der Waals surface area contributed by atoms with E-state index in [2.05, 4.69) is 0 Å². The number of rotatable bonds is 2. The number of carboxylic acids is 1. The van der Waals surface area contributed by atoms with Crippen molar-refractivity contribution in [1.29, 1.82) is 0 Å². The van der Waals surface area contributed by atoms with Crippen LogP contribution in [0.15, 0.2) is 24.3 Å². The SMILES string of the molecule is NC1CN(C(=O)C2(C(=O)O)CCCC2)CCc2ccccc21. The number of fused-ring (bicyclic) bond motifs is 1. The van der Waals surface area contributed by atoms with Gasteiger partial charge in [0.15, 0.2) is 0 Å². The van der Waals surface area contributed by atoms with Crippen LogP contribution in [-0.4, -0.2) is 35.0 Å². The standard InChI is InChI=1S/C17H22N2O3/c18-14-11-19(10-7-12-5-1-2-6-13(12)14)15(20)17(16(21)22)8-3-4-9-17/h1-2,5-6,14H,3-4,7-11,18H2,(H,21,22). The van der Waals surface area contributed by atoms with Crippen LogP contribution < -0.4 is 5.73 Å². The first-order valence-corrected chi connectivity index (χ1v) is 7.91. The molecule has 5 nitrogen and oxygen atoms in total. The third kappa shape index (κ3) is 2.39. The monoisotopic (exact) mass is 302 g/mol. The fraction of sp³-hybridized carbons (Fsp3) is 0.529. The van der Waals surface area contributed by atoms with Gasteiger partial charge in [0, 0.05) is 19.1 Å². The van der Waals surface area contributed by atoms with Crippen LogP contribution in [0.25, 0.3) is 0 Å². The molecule has 1 fully saturated rings. The summed E-state index contributed by atoms with van der Waals surface area (Å²) in [7, 11) is 0. The van der Waals surface area contributed by atoms with Gasteiger partial charge in [-0.25, -0.2) is 0 Å². The Morgan fingerprint density at radius 3 is 2.59 bits per heavy atom. The molecule has 1 saturated carbocycles. The largest absolute Gasteiger partial charge is 0.480 e. The topological polar surface area (TPSA) is 83.6 Å². The molecule has 1 heterocycles. The fourth-order valence-electron chi connectivity index (χ4n) is 3.79. The van der Waals surface area contributed by atoms with Crippen LogP contribution in [0.2, 0.25) is 0 Å². The Labute approximate surface area is 130 Å². The van der Waals surface area contributed by atoms with Gasteiger partial charge < -0.3 is 15.7 Å². The Kier molecular flexibility index (Phi) is 3.91. The maximum atomic E-state index is 12.9. The van der Waals surface area contributed by atoms with Gasteiger partial charge in [-0.2, -0.15) is 0 Å². The number of aliphatic carboxylic acids is 1. The van der Waals surface area contributed by atoms with E-state index in [9.17, 15) is 14.7 Å². The molecule has 3 N–H and O–H groups in total. The van der Waals surface area contributed by atoms with Gasteiger partial charge in [-0.1, -0.05) is 37.1 Å². The summed E-state index contributed by atoms with van der Waals surface area (Å²) in [6.07, 6.45) is 3.22. The normalized spacial score (nSPS) is 23.7. The predicted molar refractivity (Wildman–Crippen MR) is 82.2 cm³/mol. The Bertz CT molecular complexity index is 593. The second kappa shape index (κ2) is 5.72. The summed E-state index contributed by atoms with van der Waals surface area (Å²) in [5, 5.41) is 9.60. The maximum absolute atomic E-state index is 12.9. The molecule has 1 aromatic rings. The van der Waals surface area contributed by atoms with Gasteiger partial charge in [0.1, 0.15) is 5.41 Å². The van der Waals surface area contributed by atoms with Gasteiger partial charge in [-0.05, 0) is 30.4 Å². The van der Waals surface area contributed by atoms with Gasteiger partial charge in [0.25, 0.3) is 0 Å². The highest BCUT2D eigenvalue weighted by Gasteiger charge is 2.50. The number of nitrogens with zero attached hydrogens (tertiary/aromatic N) is 1. The summed E-state index contributed by atoms with van der Waals surface area (Å²) < 4.78 is 0. The molecule has 1 aromatic carbocycles. The molecule has 0 radical (unpaired) electrons. The molecule has 1 atom stereocenters. The molecular weight excluding hydrogens is 280 g/mol. The number of hydrogen-bond acceptors (Lipinski definition) is 3. The van der Waals surface area contributed by atoms with E-state index in [0.717, 1.165) is 30.4 Å². The summed E-state index contributed by atoms with van der Waals surface area (Å²) in [6, 6.07) is 7.70. The van der Waals surface area contributed by atoms with Crippen LogP contribution in [0.1, 0.15) is 42.9 Å². The Morgan fingerprint density at radius 2 is 1.91 bits per heavy atom. The molecule has 0 aromatic heterocycles. The fourth-order valence-corrected chi connectivity index (χ4v) is 3.79. The van der Waals surface area contributed by atoms with Crippen molar-refractivity contribution in [3.05, 3.63) is 35.4 Å². The van der Waals surface area contributed by atoms with Crippen molar-refractivity contribution in [3.8, 4) is 0 Å². The Hall–Kier alpha value is -1.88. The zero-order valence-corrected chi connectivity index (χ0v) is 12.6. The minimum absolute atomic E-state index is 0.249. The smallest absolute Gasteiger partial charge is 0.319 e. The second-order valence-electron chi connectivity index (χ2n) is 6.40. The van der Waals surface area contributed by atoms with Crippen LogP contribution in [0.4, 0.5) is 0 Å². The third-order valence-electron chi connectivity index (χ3n) is 5.09. The van der Waals surface area contributed by atoms with E-state index < -0.39 is 11.4 Å². The molecular formula is C17H22N2O3. The molecule has 1 unspecified atom stereocenters. The number of carbonyl (C=O) groups is 2. The number of hydrogen-bond donors (Lipinski definition) is 2. The zero-order valence-electron chi connectivity index (χ0n) is 12.6. The van der Waals surface area contributed by atoms with Crippen LogP contribution in [0, 0.1) is 5.41 Å². The summed E-state index contributed by atoms with van der Waals surface area (Å²) >= 11 is 0. The molecule has 0 saturated heterocycles. The highest BCUT2D eigenvalue weighted by Crippen LogP contribution is 2.40. The lowest BCUT2D eigenvalue weighted by atomic mass is 9.84. The lowest BCUT2D eigenvalue weighted by Gasteiger charge is -2.31. The van der Waals surface area contributed by atoms with Crippen molar-refractivity contribution in [3.63, 3.8) is 0 Å². The average molecular weight is 302 g/mol. The molecule has 1 aliphatic carbocycles. The average Bonchev–Trinajstić information content (AvgIpc) is 2.95. The van der Waals surface area contributed by atoms with Crippen molar-refractivity contribution in [2.24, 2.45) is 11.1 Å². The van der Waals surface area contributed by atoms with Crippen molar-refractivity contribution in [2.45, 2.75) is 38.1 Å². The van der Waals surface area contributed by atoms with Crippen molar-refractivity contribution in [1.82, 2.24) is 4.90 Å². The van der Waals surface area contributed by atoms with Crippen LogP contribution in [-0.2, 0) is 16.0 Å². The Balaban J connectivity index is 1.85. The van der Waals surface area contributed by atoms with E-state index in [1.807, 2.05) is 24.3 Å². The van der Waals surface area contributed by atoms with E-state index in [-0.39, 0.29) is 11.9 Å². The summed E-state index contributed by atoms with van der Waals surface area (Å²) in [5.74, 6) is -1.23. The van der Waals surface area contributed by atoms with Gasteiger partial charge in [0.2, 0.25) is 5.91 Å². The van der Waals surface area contributed by atoms with Crippen molar-refractivity contribution < 1.29 is 14.7 Å². The lowest BCUT2D eigenvalue weighted by molar-refractivity contribution is -0.160. The second-order valence-corrected chi connectivity index (χ2v) is 6.40. The number of amides is 1. The van der Waals surface area contributed by atoms with E-state index in [1.54, 1.807) is 4.90 Å². The summed E-state index contributed by atoms with van der Waals surface area (Å²) in [4.78, 5) is 26.3. The molecule has 0 bridgehead atoms. The maximum Gasteiger partial charge on any atom is 0.319 e. The van der Waals surface area contributed by atoms with Gasteiger partial charge in [0.05, 0.1) is 0 Å². The molecule has 118 valence electrons. The quantitative estimate of drug-likeness (QED) is 0.815. The lowest BCUT2D eigenvalue weighted by Crippen LogP contribution is -2.49. The molecule has 5 heteroatoms. The highest BCUT2D eigenvalue weighted by molar-refractivity contribution is 6.02. The number of nitrogens with two attached hydrogens (primary N) is 1. The van der Waals surface area contributed by atoms with Crippen LogP contribution in [0.3, 0.4) is 0 Å². The number of benzene rings is 1. The predicted octanol–water partition coefficient (Wildman–Crippen LogP) is 1.72. The zero-order chi connectivity index (χ0) is 15.7. The summed E-state index contributed by atoms with van der Waals surface area (Å²) in [6.45, 7) is 0.934. The Morgan fingerprint density at radius 1 is 1.23 bits per heavy atom. The molecule has 22 heavy (non-hydrogen) atoms. The van der Waals surface area contributed by atoms with E-state index in [0.29, 0.717) is 25.9 Å². The number of carboxylic acid groups (broad SMARTS) is 1. The number of carbonyl (C=O) groups excluding carboxylic acids is 1. The van der Waals surface area contributed by atoms with Crippen molar-refractivity contribution >= 4 is 11.9 Å². The van der Waals surface area contributed by atoms with Gasteiger partial charge in [-0.3, -0.25) is 9.59 Å². The van der Waals surface area contributed by atoms with Crippen molar-refractivity contribution in [2.75, 3.05) is 13.1 Å². The molecule has 1 amide bonds. The van der Waals surface area contributed by atoms with Gasteiger partial charge >= 0.3 is 5.97 Å².